The highest BCUT2D eigenvalue weighted by atomic mass is 14.7. The molecule has 0 aliphatic carbocycles. The molecular formula is C8H15N. The molecule has 1 heteroatoms. The van der Waals surface area contributed by atoms with Gasteiger partial charge in [-0.3, -0.25) is 4.99 Å². The largest absolute Gasteiger partial charge is 0.266 e. The molecule has 0 aliphatic rings. The van der Waals surface area contributed by atoms with Crippen molar-refractivity contribution >= 4 is 6.21 Å². The van der Waals surface area contributed by atoms with E-state index in [1.807, 2.05) is 19.2 Å². The maximum absolute atomic E-state index is 4.22. The van der Waals surface area contributed by atoms with E-state index in [9.17, 15) is 0 Å². The minimum atomic E-state index is 1.03. The second kappa shape index (κ2) is 5.54. The van der Waals surface area contributed by atoms with Crippen LogP contribution in [0.2, 0.25) is 0 Å². The van der Waals surface area contributed by atoms with Crippen LogP contribution in [0, 0.1) is 0 Å². The van der Waals surface area contributed by atoms with E-state index in [4.69, 9.17) is 0 Å². The van der Waals surface area contributed by atoms with Crippen LogP contribution in [0.3, 0.4) is 0 Å². The molecule has 0 radical (unpaired) electrons. The molecule has 0 aromatic carbocycles. The maximum Gasteiger partial charge on any atom is 0.0354 e. The van der Waals surface area contributed by atoms with Gasteiger partial charge in [0.1, 0.15) is 0 Å². The summed E-state index contributed by atoms with van der Waals surface area (Å²) in [5, 5.41) is 0. The van der Waals surface area contributed by atoms with Gasteiger partial charge in [0.2, 0.25) is 0 Å². The quantitative estimate of drug-likeness (QED) is 0.514. The van der Waals surface area contributed by atoms with Crippen molar-refractivity contribution in [1.29, 1.82) is 0 Å². The predicted molar refractivity (Wildman–Crippen MR) is 42.8 cm³/mol. The number of hydrogen-bond donors (Lipinski definition) is 0. The molecule has 0 fully saturated rings. The Kier molecular flexibility index (Phi) is 5.18. The van der Waals surface area contributed by atoms with Crippen LogP contribution < -0.4 is 0 Å². The molecule has 52 valence electrons. The van der Waals surface area contributed by atoms with Gasteiger partial charge >= 0.3 is 0 Å². The summed E-state index contributed by atoms with van der Waals surface area (Å²) < 4.78 is 0. The van der Waals surface area contributed by atoms with Crippen molar-refractivity contribution in [3.63, 3.8) is 0 Å². The van der Waals surface area contributed by atoms with Gasteiger partial charge in [0.25, 0.3) is 0 Å². The van der Waals surface area contributed by atoms with Gasteiger partial charge < -0.3 is 0 Å². The molecule has 0 aliphatic heterocycles. The molecule has 0 aromatic rings. The molecule has 0 atom stereocenters. The van der Waals surface area contributed by atoms with E-state index in [1.165, 1.54) is 5.70 Å². The van der Waals surface area contributed by atoms with E-state index in [2.05, 4.69) is 18.8 Å². The zero-order valence-electron chi connectivity index (χ0n) is 6.52. The summed E-state index contributed by atoms with van der Waals surface area (Å²) in [4.78, 5) is 4.22. The highest BCUT2D eigenvalue weighted by Gasteiger charge is 1.82. The molecule has 0 saturated carbocycles. The van der Waals surface area contributed by atoms with Crippen LogP contribution in [-0.4, -0.2) is 6.21 Å². The normalized spacial score (nSPS) is 13.0. The molecule has 9 heavy (non-hydrogen) atoms. The third-order valence-corrected chi connectivity index (χ3v) is 1.14. The zero-order valence-corrected chi connectivity index (χ0v) is 6.52. The smallest absolute Gasteiger partial charge is 0.0354 e. The average Bonchev–Trinajstić information content (AvgIpc) is 1.91. The van der Waals surface area contributed by atoms with Crippen LogP contribution in [0.15, 0.2) is 16.8 Å². The first kappa shape index (κ1) is 8.41. The Balaban J connectivity index is 3.70. The lowest BCUT2D eigenvalue weighted by molar-refractivity contribution is 1.06. The van der Waals surface area contributed by atoms with Crippen molar-refractivity contribution in [3.8, 4) is 0 Å². The molecule has 0 unspecified atom stereocenters. The summed E-state index contributed by atoms with van der Waals surface area (Å²) in [6.07, 6.45) is 6.05. The van der Waals surface area contributed by atoms with Crippen molar-refractivity contribution in [3.05, 3.63) is 11.8 Å². The minimum Gasteiger partial charge on any atom is -0.266 e. The van der Waals surface area contributed by atoms with Gasteiger partial charge in [-0.15, -0.1) is 0 Å². The lowest BCUT2D eigenvalue weighted by atomic mass is 10.3. The summed E-state index contributed by atoms with van der Waals surface area (Å²) in [7, 11) is 0. The van der Waals surface area contributed by atoms with Crippen LogP contribution in [-0.2, 0) is 0 Å². The van der Waals surface area contributed by atoms with Crippen molar-refractivity contribution in [2.75, 3.05) is 0 Å². The van der Waals surface area contributed by atoms with Crippen LogP contribution in [0.25, 0.3) is 0 Å². The van der Waals surface area contributed by atoms with Crippen LogP contribution in [0.1, 0.15) is 33.6 Å². The third kappa shape index (κ3) is 3.95. The van der Waals surface area contributed by atoms with E-state index in [-0.39, 0.29) is 0 Å². The number of allylic oxidation sites excluding steroid dienone is 2. The summed E-state index contributed by atoms with van der Waals surface area (Å²) in [5.41, 5.74) is 1.18. The van der Waals surface area contributed by atoms with E-state index in [0.717, 1.165) is 12.8 Å². The Morgan fingerprint density at radius 1 is 1.44 bits per heavy atom. The van der Waals surface area contributed by atoms with Gasteiger partial charge in [0, 0.05) is 11.9 Å². The Hall–Kier alpha value is -0.590. The molecule has 0 amide bonds. The molecule has 0 N–H and O–H groups in total. The summed E-state index contributed by atoms with van der Waals surface area (Å²) in [6.45, 7) is 6.22. The van der Waals surface area contributed by atoms with Crippen molar-refractivity contribution in [2.45, 2.75) is 33.6 Å². The van der Waals surface area contributed by atoms with Crippen LogP contribution in [0.4, 0.5) is 0 Å². The zero-order chi connectivity index (χ0) is 7.11. The molecule has 0 rings (SSSR count). The van der Waals surface area contributed by atoms with E-state index in [1.54, 1.807) is 0 Å². The SMILES string of the molecule is C/C=C(/CC)N=CCC. The summed E-state index contributed by atoms with van der Waals surface area (Å²) in [5.74, 6) is 0. The number of hydrogen-bond acceptors (Lipinski definition) is 1. The molecular weight excluding hydrogens is 110 g/mol. The van der Waals surface area contributed by atoms with E-state index in [0.29, 0.717) is 0 Å². The second-order valence-electron chi connectivity index (χ2n) is 1.85. The molecule has 0 heterocycles. The summed E-state index contributed by atoms with van der Waals surface area (Å²) in [6, 6.07) is 0. The fourth-order valence-corrected chi connectivity index (χ4v) is 0.578. The minimum absolute atomic E-state index is 1.03. The first-order chi connectivity index (χ1) is 4.35. The van der Waals surface area contributed by atoms with Gasteiger partial charge in [-0.25, -0.2) is 0 Å². The fraction of sp³-hybridized carbons (Fsp3) is 0.625. The van der Waals surface area contributed by atoms with E-state index >= 15 is 0 Å². The number of nitrogens with zero attached hydrogens (tertiary/aromatic N) is 1. The fourth-order valence-electron chi connectivity index (χ4n) is 0.578. The maximum atomic E-state index is 4.22. The Morgan fingerprint density at radius 2 is 2.11 bits per heavy atom. The van der Waals surface area contributed by atoms with Crippen LogP contribution >= 0.6 is 0 Å². The van der Waals surface area contributed by atoms with Gasteiger partial charge in [-0.2, -0.15) is 0 Å². The molecule has 0 spiro atoms. The Labute approximate surface area is 57.5 Å². The monoisotopic (exact) mass is 125 g/mol. The topological polar surface area (TPSA) is 12.4 Å². The Bertz CT molecular complexity index is 112. The second-order valence-corrected chi connectivity index (χ2v) is 1.85. The van der Waals surface area contributed by atoms with Crippen molar-refractivity contribution in [1.82, 2.24) is 0 Å². The Morgan fingerprint density at radius 3 is 2.44 bits per heavy atom. The molecule has 1 nitrogen and oxygen atoms in total. The first-order valence-electron chi connectivity index (χ1n) is 3.52. The van der Waals surface area contributed by atoms with Gasteiger partial charge in [0.15, 0.2) is 0 Å². The lowest BCUT2D eigenvalue weighted by Crippen LogP contribution is -1.74. The van der Waals surface area contributed by atoms with Crippen molar-refractivity contribution < 1.29 is 0 Å². The summed E-state index contributed by atoms with van der Waals surface area (Å²) >= 11 is 0. The third-order valence-electron chi connectivity index (χ3n) is 1.14. The number of rotatable bonds is 3. The average molecular weight is 125 g/mol. The van der Waals surface area contributed by atoms with Gasteiger partial charge in [-0.1, -0.05) is 19.9 Å². The predicted octanol–water partition coefficient (Wildman–Crippen LogP) is 2.78. The highest BCUT2D eigenvalue weighted by Crippen LogP contribution is 1.99. The first-order valence-corrected chi connectivity index (χ1v) is 3.52. The molecule has 0 bridgehead atoms. The van der Waals surface area contributed by atoms with Gasteiger partial charge in [0.05, 0.1) is 0 Å². The van der Waals surface area contributed by atoms with Gasteiger partial charge in [-0.05, 0) is 19.8 Å². The number of aliphatic imine (C=N–C) groups is 1. The van der Waals surface area contributed by atoms with E-state index < -0.39 is 0 Å². The molecule has 0 saturated heterocycles. The standard InChI is InChI=1S/C8H15N/c1-4-7-9-8(5-2)6-3/h5,7H,4,6H2,1-3H3/b8-5-,9-7?. The van der Waals surface area contributed by atoms with Crippen LogP contribution in [0.5, 0.6) is 0 Å². The van der Waals surface area contributed by atoms with Crippen molar-refractivity contribution in [2.24, 2.45) is 4.99 Å². The lowest BCUT2D eigenvalue weighted by Gasteiger charge is -1.91. The molecule has 0 aromatic heterocycles. The highest BCUT2D eigenvalue weighted by molar-refractivity contribution is 5.58.